The lowest BCUT2D eigenvalue weighted by atomic mass is 9.93. The summed E-state index contributed by atoms with van der Waals surface area (Å²) in [5.74, 6) is -2.36. The number of fused-ring (bicyclic) bond motifs is 1. The summed E-state index contributed by atoms with van der Waals surface area (Å²) in [7, 11) is 0. The molecule has 1 N–H and O–H groups in total. The molecular weight excluding hydrogens is 350 g/mol. The molecule has 0 unspecified atom stereocenters. The molecule has 0 saturated carbocycles. The molecule has 1 saturated heterocycles. The number of amides is 1. The van der Waals surface area contributed by atoms with E-state index in [1.165, 1.54) is 6.07 Å². The molecule has 2 heterocycles. The third-order valence-electron chi connectivity index (χ3n) is 4.92. The van der Waals surface area contributed by atoms with Gasteiger partial charge in [-0.2, -0.15) is 0 Å². The molecular formula is C21H18F2N2O2. The quantitative estimate of drug-likeness (QED) is 0.767. The lowest BCUT2D eigenvalue weighted by Gasteiger charge is -2.20. The van der Waals surface area contributed by atoms with E-state index in [2.05, 4.69) is 10.3 Å². The van der Waals surface area contributed by atoms with Crippen LogP contribution in [0.4, 0.5) is 8.78 Å². The Kier molecular flexibility index (Phi) is 4.81. The van der Waals surface area contributed by atoms with E-state index in [4.69, 9.17) is 4.74 Å². The molecule has 6 heteroatoms. The topological polar surface area (TPSA) is 51.2 Å². The van der Waals surface area contributed by atoms with Crippen molar-refractivity contribution in [2.24, 2.45) is 5.92 Å². The molecule has 0 aliphatic carbocycles. The smallest absolute Gasteiger partial charge is 0.251 e. The highest BCUT2D eigenvalue weighted by Gasteiger charge is 2.30. The van der Waals surface area contributed by atoms with Gasteiger partial charge in [-0.25, -0.2) is 8.78 Å². The minimum absolute atomic E-state index is 0.0880. The van der Waals surface area contributed by atoms with Gasteiger partial charge in [0.2, 0.25) is 0 Å². The predicted molar refractivity (Wildman–Crippen MR) is 97.4 cm³/mol. The summed E-state index contributed by atoms with van der Waals surface area (Å²) < 4.78 is 32.0. The standard InChI is InChI=1S/C21H18F2N2O2/c22-17-6-5-14(10-18(17)23)21(26)25-20-12-27-11-15(20)9-13-7-8-24-19-4-2-1-3-16(13)19/h1-8,10,15,20H,9,11-12H2,(H,25,26)/t15-,20+/m1/s1. The second kappa shape index (κ2) is 7.40. The van der Waals surface area contributed by atoms with Crippen LogP contribution in [0.1, 0.15) is 15.9 Å². The van der Waals surface area contributed by atoms with E-state index in [0.717, 1.165) is 35.0 Å². The maximum Gasteiger partial charge on any atom is 0.251 e. The Morgan fingerprint density at radius 1 is 1.11 bits per heavy atom. The lowest BCUT2D eigenvalue weighted by Crippen LogP contribution is -2.40. The van der Waals surface area contributed by atoms with Crippen LogP contribution < -0.4 is 5.32 Å². The van der Waals surface area contributed by atoms with Gasteiger partial charge >= 0.3 is 0 Å². The third-order valence-corrected chi connectivity index (χ3v) is 4.92. The molecule has 3 aromatic rings. The van der Waals surface area contributed by atoms with Crippen molar-refractivity contribution in [1.29, 1.82) is 0 Å². The summed E-state index contributed by atoms with van der Waals surface area (Å²) in [6, 6.07) is 12.8. The van der Waals surface area contributed by atoms with Crippen LogP contribution in [0.2, 0.25) is 0 Å². The van der Waals surface area contributed by atoms with Crippen LogP contribution in [0.25, 0.3) is 10.9 Å². The maximum absolute atomic E-state index is 13.4. The number of halogens is 2. The first-order chi connectivity index (χ1) is 13.1. The molecule has 1 aromatic heterocycles. The number of carbonyl (C=O) groups is 1. The van der Waals surface area contributed by atoms with E-state index in [-0.39, 0.29) is 17.5 Å². The van der Waals surface area contributed by atoms with Gasteiger partial charge < -0.3 is 10.1 Å². The molecule has 1 fully saturated rings. The van der Waals surface area contributed by atoms with Gasteiger partial charge in [-0.1, -0.05) is 18.2 Å². The van der Waals surface area contributed by atoms with Gasteiger partial charge in [-0.15, -0.1) is 0 Å². The summed E-state index contributed by atoms with van der Waals surface area (Å²) in [6.07, 6.45) is 2.51. The van der Waals surface area contributed by atoms with Crippen LogP contribution in [0.3, 0.4) is 0 Å². The SMILES string of the molecule is O=C(N[C@H]1COC[C@H]1Cc1ccnc2ccccc12)c1ccc(F)c(F)c1. The summed E-state index contributed by atoms with van der Waals surface area (Å²) in [4.78, 5) is 16.8. The number of ether oxygens (including phenoxy) is 1. The molecule has 138 valence electrons. The van der Waals surface area contributed by atoms with Crippen LogP contribution in [-0.4, -0.2) is 30.1 Å². The molecule has 0 spiro atoms. The predicted octanol–water partition coefficient (Wildman–Crippen LogP) is 3.50. The number of aromatic nitrogens is 1. The number of hydrogen-bond acceptors (Lipinski definition) is 3. The van der Waals surface area contributed by atoms with Gasteiger partial charge in [0.15, 0.2) is 11.6 Å². The van der Waals surface area contributed by atoms with Gasteiger partial charge in [0.05, 0.1) is 24.8 Å². The van der Waals surface area contributed by atoms with E-state index in [1.807, 2.05) is 30.3 Å². The normalized spacial score (nSPS) is 19.3. The Morgan fingerprint density at radius 3 is 2.81 bits per heavy atom. The largest absolute Gasteiger partial charge is 0.379 e. The molecule has 0 radical (unpaired) electrons. The molecule has 1 aliphatic rings. The van der Waals surface area contributed by atoms with Gasteiger partial charge in [0.1, 0.15) is 0 Å². The van der Waals surface area contributed by atoms with Crippen molar-refractivity contribution < 1.29 is 18.3 Å². The molecule has 4 nitrogen and oxygen atoms in total. The molecule has 4 rings (SSSR count). The fourth-order valence-electron chi connectivity index (χ4n) is 3.46. The lowest BCUT2D eigenvalue weighted by molar-refractivity contribution is 0.0924. The van der Waals surface area contributed by atoms with E-state index >= 15 is 0 Å². The Hall–Kier alpha value is -2.86. The molecule has 2 aromatic carbocycles. The number of nitrogens with zero attached hydrogens (tertiary/aromatic N) is 1. The third kappa shape index (κ3) is 3.66. The second-order valence-electron chi connectivity index (χ2n) is 6.70. The van der Waals surface area contributed by atoms with Crippen molar-refractivity contribution in [3.8, 4) is 0 Å². The highest BCUT2D eigenvalue weighted by molar-refractivity contribution is 5.94. The van der Waals surface area contributed by atoms with Crippen LogP contribution in [-0.2, 0) is 11.2 Å². The molecule has 1 aliphatic heterocycles. The van der Waals surface area contributed by atoms with Crippen molar-refractivity contribution in [2.45, 2.75) is 12.5 Å². The van der Waals surface area contributed by atoms with Gasteiger partial charge in [0.25, 0.3) is 5.91 Å². The first-order valence-corrected chi connectivity index (χ1v) is 8.78. The maximum atomic E-state index is 13.4. The van der Waals surface area contributed by atoms with Crippen molar-refractivity contribution in [1.82, 2.24) is 10.3 Å². The number of carbonyl (C=O) groups excluding carboxylic acids is 1. The molecule has 1 amide bonds. The first kappa shape index (κ1) is 17.5. The summed E-state index contributed by atoms with van der Waals surface area (Å²) in [5, 5.41) is 3.97. The van der Waals surface area contributed by atoms with Gasteiger partial charge in [-0.3, -0.25) is 9.78 Å². The number of nitrogens with one attached hydrogen (secondary N) is 1. The highest BCUT2D eigenvalue weighted by atomic mass is 19.2. The Labute approximate surface area is 155 Å². The second-order valence-corrected chi connectivity index (χ2v) is 6.70. The molecule has 0 bridgehead atoms. The summed E-state index contributed by atoms with van der Waals surface area (Å²) in [6.45, 7) is 0.919. The van der Waals surface area contributed by atoms with E-state index in [1.54, 1.807) is 6.20 Å². The number of rotatable bonds is 4. The number of benzene rings is 2. The molecule has 27 heavy (non-hydrogen) atoms. The number of pyridine rings is 1. The minimum atomic E-state index is -1.04. The summed E-state index contributed by atoms with van der Waals surface area (Å²) >= 11 is 0. The van der Waals surface area contributed by atoms with E-state index in [0.29, 0.717) is 13.2 Å². The van der Waals surface area contributed by atoms with Gasteiger partial charge in [0, 0.05) is 23.1 Å². The fourth-order valence-corrected chi connectivity index (χ4v) is 3.46. The average molecular weight is 368 g/mol. The summed E-state index contributed by atoms with van der Waals surface area (Å²) in [5.41, 5.74) is 2.16. The van der Waals surface area contributed by atoms with Crippen molar-refractivity contribution in [3.63, 3.8) is 0 Å². The zero-order valence-electron chi connectivity index (χ0n) is 14.5. The van der Waals surface area contributed by atoms with Crippen LogP contribution in [0.5, 0.6) is 0 Å². The van der Waals surface area contributed by atoms with Crippen LogP contribution in [0.15, 0.2) is 54.7 Å². The van der Waals surface area contributed by atoms with Crippen molar-refractivity contribution in [3.05, 3.63) is 77.5 Å². The Bertz CT molecular complexity index is 988. The minimum Gasteiger partial charge on any atom is -0.379 e. The van der Waals surface area contributed by atoms with Crippen LogP contribution in [0, 0.1) is 17.6 Å². The van der Waals surface area contributed by atoms with Crippen LogP contribution >= 0.6 is 0 Å². The van der Waals surface area contributed by atoms with Gasteiger partial charge in [-0.05, 0) is 42.3 Å². The Morgan fingerprint density at radius 2 is 1.96 bits per heavy atom. The van der Waals surface area contributed by atoms with Crippen molar-refractivity contribution in [2.75, 3.05) is 13.2 Å². The average Bonchev–Trinajstić information content (AvgIpc) is 3.11. The van der Waals surface area contributed by atoms with E-state index in [9.17, 15) is 13.6 Å². The first-order valence-electron chi connectivity index (χ1n) is 8.78. The van der Waals surface area contributed by atoms with Crippen molar-refractivity contribution >= 4 is 16.8 Å². The Balaban J connectivity index is 1.50. The number of hydrogen-bond donors (Lipinski definition) is 1. The highest BCUT2D eigenvalue weighted by Crippen LogP contribution is 2.24. The monoisotopic (exact) mass is 368 g/mol. The zero-order valence-corrected chi connectivity index (χ0v) is 14.5. The number of para-hydroxylation sites is 1. The fraction of sp³-hybridized carbons (Fsp3) is 0.238. The van der Waals surface area contributed by atoms with E-state index < -0.39 is 17.5 Å². The zero-order chi connectivity index (χ0) is 18.8. The molecule has 2 atom stereocenters.